The average molecular weight is 299 g/mol. The van der Waals surface area contributed by atoms with Crippen LogP contribution >= 0.6 is 11.8 Å². The Balaban J connectivity index is 1.57. The summed E-state index contributed by atoms with van der Waals surface area (Å²) in [6.45, 7) is 3.11. The van der Waals surface area contributed by atoms with Crippen LogP contribution in [0.5, 0.6) is 0 Å². The maximum Gasteiger partial charge on any atom is 0.128 e. The highest BCUT2D eigenvalue weighted by molar-refractivity contribution is 7.98. The van der Waals surface area contributed by atoms with Crippen LogP contribution in [-0.2, 0) is 6.54 Å². The zero-order valence-electron chi connectivity index (χ0n) is 12.4. The zero-order valence-corrected chi connectivity index (χ0v) is 13.2. The van der Waals surface area contributed by atoms with Gasteiger partial charge < -0.3 is 10.2 Å². The number of hydrogen-bond donors (Lipinski definition) is 1. The second-order valence-corrected chi connectivity index (χ2v) is 6.18. The molecule has 110 valence electrons. The molecular formula is C17H21N3S. The van der Waals surface area contributed by atoms with E-state index in [0.29, 0.717) is 0 Å². The number of benzene rings is 1. The molecule has 4 heteroatoms. The number of pyridine rings is 1. The number of nitrogens with one attached hydrogen (secondary N) is 1. The Labute approximate surface area is 130 Å². The van der Waals surface area contributed by atoms with Crippen molar-refractivity contribution in [1.82, 2.24) is 4.98 Å². The van der Waals surface area contributed by atoms with Gasteiger partial charge in [-0.1, -0.05) is 12.1 Å². The lowest BCUT2D eigenvalue weighted by atomic mass is 10.2. The molecule has 2 aromatic rings. The van der Waals surface area contributed by atoms with E-state index in [0.717, 1.165) is 31.1 Å². The molecular weight excluding hydrogens is 278 g/mol. The number of thioether (sulfide) groups is 1. The summed E-state index contributed by atoms with van der Waals surface area (Å²) >= 11 is 1.77. The van der Waals surface area contributed by atoms with Crippen LogP contribution in [0.25, 0.3) is 0 Å². The fraction of sp³-hybridized carbons (Fsp3) is 0.353. The van der Waals surface area contributed by atoms with E-state index in [9.17, 15) is 0 Å². The van der Waals surface area contributed by atoms with E-state index < -0.39 is 0 Å². The van der Waals surface area contributed by atoms with Crippen LogP contribution in [0.1, 0.15) is 18.4 Å². The Kier molecular flexibility index (Phi) is 4.65. The molecule has 0 radical (unpaired) electrons. The topological polar surface area (TPSA) is 28.2 Å². The van der Waals surface area contributed by atoms with Crippen molar-refractivity contribution in [3.05, 3.63) is 48.2 Å². The molecule has 1 aromatic carbocycles. The van der Waals surface area contributed by atoms with Gasteiger partial charge >= 0.3 is 0 Å². The summed E-state index contributed by atoms with van der Waals surface area (Å²) in [6.07, 6.45) is 6.60. The summed E-state index contributed by atoms with van der Waals surface area (Å²) in [5, 5.41) is 3.43. The number of nitrogens with zero attached hydrogens (tertiary/aromatic N) is 2. The molecule has 21 heavy (non-hydrogen) atoms. The van der Waals surface area contributed by atoms with Gasteiger partial charge in [-0.15, -0.1) is 11.8 Å². The largest absolute Gasteiger partial charge is 0.380 e. The minimum atomic E-state index is 0.833. The van der Waals surface area contributed by atoms with Gasteiger partial charge in [-0.2, -0.15) is 0 Å². The molecule has 0 bridgehead atoms. The summed E-state index contributed by atoms with van der Waals surface area (Å²) in [7, 11) is 0. The van der Waals surface area contributed by atoms with E-state index in [4.69, 9.17) is 0 Å². The lowest BCUT2D eigenvalue weighted by Gasteiger charge is -2.16. The third kappa shape index (κ3) is 3.70. The van der Waals surface area contributed by atoms with Gasteiger partial charge in [-0.25, -0.2) is 4.98 Å². The van der Waals surface area contributed by atoms with Crippen LogP contribution in [0, 0.1) is 0 Å². The number of rotatable bonds is 5. The van der Waals surface area contributed by atoms with Gasteiger partial charge in [0.15, 0.2) is 0 Å². The van der Waals surface area contributed by atoms with Crippen molar-refractivity contribution >= 4 is 23.3 Å². The number of aromatic nitrogens is 1. The lowest BCUT2D eigenvalue weighted by Crippen LogP contribution is -2.18. The molecule has 1 aromatic heterocycles. The third-order valence-corrected chi connectivity index (χ3v) is 4.58. The molecule has 0 unspecified atom stereocenters. The monoisotopic (exact) mass is 299 g/mol. The lowest BCUT2D eigenvalue weighted by molar-refractivity contribution is 0.937. The van der Waals surface area contributed by atoms with Gasteiger partial charge in [0.05, 0.1) is 11.9 Å². The summed E-state index contributed by atoms with van der Waals surface area (Å²) in [5.74, 6) is 1.10. The molecule has 1 saturated heterocycles. The van der Waals surface area contributed by atoms with Crippen molar-refractivity contribution in [2.24, 2.45) is 0 Å². The minimum absolute atomic E-state index is 0.833. The van der Waals surface area contributed by atoms with E-state index in [1.165, 1.54) is 23.3 Å². The van der Waals surface area contributed by atoms with Crippen LogP contribution < -0.4 is 10.2 Å². The van der Waals surface area contributed by atoms with E-state index in [1.54, 1.807) is 11.8 Å². The fourth-order valence-electron chi connectivity index (χ4n) is 2.57. The van der Waals surface area contributed by atoms with Gasteiger partial charge in [0.25, 0.3) is 0 Å². The minimum Gasteiger partial charge on any atom is -0.380 e. The molecule has 0 atom stereocenters. The average Bonchev–Trinajstić information content (AvgIpc) is 3.08. The molecule has 3 nitrogen and oxygen atoms in total. The van der Waals surface area contributed by atoms with Gasteiger partial charge in [-0.3, -0.25) is 0 Å². The highest BCUT2D eigenvalue weighted by Gasteiger charge is 2.12. The molecule has 1 N–H and O–H groups in total. The standard InChI is InChI=1S/C17H21N3S/c1-21-16-7-4-14(5-8-16)12-18-15-6-9-17(19-13-15)20-10-2-3-11-20/h4-9,13,18H,2-3,10-12H2,1H3. The summed E-state index contributed by atoms with van der Waals surface area (Å²) in [5.41, 5.74) is 2.36. The Bertz CT molecular complexity index is 560. The molecule has 0 aliphatic carbocycles. The van der Waals surface area contributed by atoms with Crippen molar-refractivity contribution in [2.45, 2.75) is 24.3 Å². The molecule has 1 aliphatic heterocycles. The second kappa shape index (κ2) is 6.85. The van der Waals surface area contributed by atoms with Crippen molar-refractivity contribution in [1.29, 1.82) is 0 Å². The van der Waals surface area contributed by atoms with Crippen LogP contribution in [-0.4, -0.2) is 24.3 Å². The van der Waals surface area contributed by atoms with Crippen molar-refractivity contribution in [2.75, 3.05) is 29.6 Å². The van der Waals surface area contributed by atoms with Crippen LogP contribution in [0.4, 0.5) is 11.5 Å². The molecule has 0 spiro atoms. The molecule has 1 aliphatic rings. The molecule has 2 heterocycles. The van der Waals surface area contributed by atoms with Gasteiger partial charge in [-0.05, 0) is 48.9 Å². The zero-order chi connectivity index (χ0) is 14.5. The Morgan fingerprint density at radius 1 is 1.10 bits per heavy atom. The van der Waals surface area contributed by atoms with Crippen molar-refractivity contribution in [3.63, 3.8) is 0 Å². The van der Waals surface area contributed by atoms with Gasteiger partial charge in [0.1, 0.15) is 5.82 Å². The molecule has 0 amide bonds. The van der Waals surface area contributed by atoms with Crippen molar-refractivity contribution < 1.29 is 0 Å². The predicted molar refractivity (Wildman–Crippen MR) is 91.2 cm³/mol. The van der Waals surface area contributed by atoms with E-state index >= 15 is 0 Å². The third-order valence-electron chi connectivity index (χ3n) is 3.83. The second-order valence-electron chi connectivity index (χ2n) is 5.30. The quantitative estimate of drug-likeness (QED) is 0.844. The fourth-order valence-corrected chi connectivity index (χ4v) is 2.98. The summed E-state index contributed by atoms with van der Waals surface area (Å²) < 4.78 is 0. The van der Waals surface area contributed by atoms with E-state index in [2.05, 4.69) is 57.9 Å². The molecule has 3 rings (SSSR count). The van der Waals surface area contributed by atoms with Gasteiger partial charge in [0.2, 0.25) is 0 Å². The SMILES string of the molecule is CSc1ccc(CNc2ccc(N3CCCC3)nc2)cc1. The predicted octanol–water partition coefficient (Wildman–Crippen LogP) is 4.02. The van der Waals surface area contributed by atoms with Gasteiger partial charge in [0, 0.05) is 24.5 Å². The highest BCUT2D eigenvalue weighted by Crippen LogP contribution is 2.20. The maximum atomic E-state index is 4.56. The number of hydrogen-bond acceptors (Lipinski definition) is 4. The Morgan fingerprint density at radius 3 is 2.48 bits per heavy atom. The summed E-state index contributed by atoms with van der Waals surface area (Å²) in [6, 6.07) is 12.9. The molecule has 0 saturated carbocycles. The first-order valence-electron chi connectivity index (χ1n) is 7.43. The Hall–Kier alpha value is -1.68. The Morgan fingerprint density at radius 2 is 1.86 bits per heavy atom. The first-order chi connectivity index (χ1) is 10.3. The van der Waals surface area contributed by atoms with Crippen molar-refractivity contribution in [3.8, 4) is 0 Å². The normalized spacial score (nSPS) is 14.4. The molecule has 1 fully saturated rings. The first-order valence-corrected chi connectivity index (χ1v) is 8.65. The van der Waals surface area contributed by atoms with E-state index in [1.807, 2.05) is 6.20 Å². The summed E-state index contributed by atoms with van der Waals surface area (Å²) in [4.78, 5) is 8.21. The van der Waals surface area contributed by atoms with Crippen LogP contribution in [0.3, 0.4) is 0 Å². The maximum absolute atomic E-state index is 4.56. The van der Waals surface area contributed by atoms with E-state index in [-0.39, 0.29) is 0 Å². The number of anilines is 2. The van der Waals surface area contributed by atoms with Crippen LogP contribution in [0.2, 0.25) is 0 Å². The smallest absolute Gasteiger partial charge is 0.128 e. The first kappa shape index (κ1) is 14.3. The van der Waals surface area contributed by atoms with Crippen LogP contribution in [0.15, 0.2) is 47.5 Å². The highest BCUT2D eigenvalue weighted by atomic mass is 32.2.